The molecule has 160 valence electrons. The third-order valence-electron chi connectivity index (χ3n) is 6.65. The Kier molecular flexibility index (Phi) is 3.63. The first-order chi connectivity index (χ1) is 16.8. The maximum absolute atomic E-state index is 6.60. The molecule has 0 aliphatic carbocycles. The minimum atomic E-state index is -0.782. The standard InChI is InChI=1S/C30H17O3P/c1-2-8-22-20(7-1)21-14-13-18(17-26(21)31-22)19-15-16-25-30-29(19)33-24-10-4-6-12-28(24)34(30)27-11-5-3-9-23(27)32-25/h1-17H. The topological polar surface area (TPSA) is 31.6 Å². The number of ether oxygens (including phenoxy) is 2. The van der Waals surface area contributed by atoms with E-state index in [1.165, 1.54) is 10.6 Å². The number of rotatable bonds is 1. The van der Waals surface area contributed by atoms with Crippen LogP contribution in [0.3, 0.4) is 0 Å². The lowest BCUT2D eigenvalue weighted by Crippen LogP contribution is -2.32. The molecule has 0 spiro atoms. The van der Waals surface area contributed by atoms with Crippen LogP contribution in [-0.4, -0.2) is 0 Å². The van der Waals surface area contributed by atoms with Crippen LogP contribution in [0, 0.1) is 0 Å². The third-order valence-corrected chi connectivity index (χ3v) is 9.23. The molecule has 5 aromatic carbocycles. The number of benzene rings is 5. The van der Waals surface area contributed by atoms with Crippen LogP contribution in [0.2, 0.25) is 0 Å². The van der Waals surface area contributed by atoms with E-state index in [4.69, 9.17) is 13.9 Å². The van der Waals surface area contributed by atoms with Crippen LogP contribution in [-0.2, 0) is 0 Å². The first kappa shape index (κ1) is 18.4. The monoisotopic (exact) mass is 456 g/mol. The van der Waals surface area contributed by atoms with E-state index >= 15 is 0 Å². The first-order valence-electron chi connectivity index (χ1n) is 11.3. The number of hydrogen-bond donors (Lipinski definition) is 0. The fraction of sp³-hybridized carbons (Fsp3) is 0. The van der Waals surface area contributed by atoms with Gasteiger partial charge in [-0.25, -0.2) is 0 Å². The van der Waals surface area contributed by atoms with Crippen LogP contribution in [0.4, 0.5) is 0 Å². The van der Waals surface area contributed by atoms with Crippen molar-refractivity contribution in [3.05, 3.63) is 103 Å². The zero-order valence-corrected chi connectivity index (χ0v) is 18.9. The van der Waals surface area contributed by atoms with Crippen molar-refractivity contribution < 1.29 is 13.9 Å². The summed E-state index contributed by atoms with van der Waals surface area (Å²) < 4.78 is 19.1. The molecule has 1 aromatic heterocycles. The van der Waals surface area contributed by atoms with E-state index in [0.717, 1.165) is 61.4 Å². The molecular formula is C30H17O3P. The molecule has 2 aliphatic heterocycles. The Morgan fingerprint density at radius 3 is 2.09 bits per heavy atom. The number of hydrogen-bond acceptors (Lipinski definition) is 3. The van der Waals surface area contributed by atoms with E-state index in [-0.39, 0.29) is 0 Å². The molecule has 0 amide bonds. The van der Waals surface area contributed by atoms with Crippen molar-refractivity contribution in [2.75, 3.05) is 0 Å². The molecule has 1 atom stereocenters. The number of para-hydroxylation sites is 3. The maximum Gasteiger partial charge on any atom is 0.147 e. The summed E-state index contributed by atoms with van der Waals surface area (Å²) in [5.74, 6) is 3.61. The van der Waals surface area contributed by atoms with Crippen molar-refractivity contribution in [2.45, 2.75) is 0 Å². The van der Waals surface area contributed by atoms with E-state index in [9.17, 15) is 0 Å². The Balaban J connectivity index is 1.38. The summed E-state index contributed by atoms with van der Waals surface area (Å²) in [6, 6.07) is 35.5. The molecule has 8 rings (SSSR count). The molecule has 0 saturated heterocycles. The van der Waals surface area contributed by atoms with Crippen LogP contribution in [0.1, 0.15) is 0 Å². The molecule has 4 heteroatoms. The van der Waals surface area contributed by atoms with Gasteiger partial charge in [-0.3, -0.25) is 0 Å². The smallest absolute Gasteiger partial charge is 0.147 e. The quantitative estimate of drug-likeness (QED) is 0.244. The van der Waals surface area contributed by atoms with E-state index in [1.54, 1.807) is 0 Å². The van der Waals surface area contributed by atoms with Gasteiger partial charge in [0.25, 0.3) is 0 Å². The zero-order chi connectivity index (χ0) is 22.2. The molecular weight excluding hydrogens is 439 g/mol. The zero-order valence-electron chi connectivity index (χ0n) is 18.0. The van der Waals surface area contributed by atoms with Crippen LogP contribution >= 0.6 is 7.92 Å². The summed E-state index contributed by atoms with van der Waals surface area (Å²) in [5, 5.41) is 5.86. The van der Waals surface area contributed by atoms with Crippen molar-refractivity contribution in [1.29, 1.82) is 0 Å². The molecule has 0 N–H and O–H groups in total. The van der Waals surface area contributed by atoms with Crippen LogP contribution in [0.15, 0.2) is 108 Å². The van der Waals surface area contributed by atoms with Crippen molar-refractivity contribution >= 4 is 45.8 Å². The highest BCUT2D eigenvalue weighted by molar-refractivity contribution is 7.80. The molecule has 3 heterocycles. The fourth-order valence-corrected chi connectivity index (χ4v) is 7.73. The highest BCUT2D eigenvalue weighted by Crippen LogP contribution is 2.54. The summed E-state index contributed by atoms with van der Waals surface area (Å²) in [5.41, 5.74) is 3.90. The van der Waals surface area contributed by atoms with Crippen molar-refractivity contribution in [2.24, 2.45) is 0 Å². The largest absolute Gasteiger partial charge is 0.456 e. The normalized spacial score (nSPS) is 15.2. The Morgan fingerprint density at radius 2 is 1.24 bits per heavy atom. The molecule has 0 saturated carbocycles. The lowest BCUT2D eigenvalue weighted by Gasteiger charge is -2.35. The maximum atomic E-state index is 6.60. The van der Waals surface area contributed by atoms with E-state index in [2.05, 4.69) is 72.8 Å². The molecule has 1 unspecified atom stereocenters. The average molecular weight is 456 g/mol. The van der Waals surface area contributed by atoms with E-state index in [1.807, 2.05) is 30.3 Å². The molecule has 3 nitrogen and oxygen atoms in total. The van der Waals surface area contributed by atoms with Crippen LogP contribution < -0.4 is 25.4 Å². The van der Waals surface area contributed by atoms with Gasteiger partial charge in [0.15, 0.2) is 0 Å². The van der Waals surface area contributed by atoms with Gasteiger partial charge >= 0.3 is 0 Å². The summed E-state index contributed by atoms with van der Waals surface area (Å²) in [7, 11) is -0.782. The van der Waals surface area contributed by atoms with Gasteiger partial charge in [-0.05, 0) is 48.0 Å². The Bertz CT molecular complexity index is 1770. The van der Waals surface area contributed by atoms with Gasteiger partial charge in [0.05, 0.1) is 5.30 Å². The van der Waals surface area contributed by atoms with Gasteiger partial charge < -0.3 is 13.9 Å². The SMILES string of the molecule is c1ccc2c(c1)Oc1ccc(-c3ccc4c(c3)oc3ccccc34)c3c1P2c1ccccc1O3. The fourth-order valence-electron chi connectivity index (χ4n) is 5.13. The van der Waals surface area contributed by atoms with Gasteiger partial charge in [-0.15, -0.1) is 0 Å². The molecule has 34 heavy (non-hydrogen) atoms. The number of furan rings is 1. The van der Waals surface area contributed by atoms with E-state index < -0.39 is 7.92 Å². The van der Waals surface area contributed by atoms with Crippen molar-refractivity contribution in [3.8, 4) is 34.1 Å². The molecule has 0 radical (unpaired) electrons. The Hall–Kier alpha value is -4.07. The van der Waals surface area contributed by atoms with Gasteiger partial charge in [-0.2, -0.15) is 0 Å². The highest BCUT2D eigenvalue weighted by atomic mass is 31.1. The lowest BCUT2D eigenvalue weighted by atomic mass is 10.0. The second-order valence-electron chi connectivity index (χ2n) is 8.57. The summed E-state index contributed by atoms with van der Waals surface area (Å²) in [4.78, 5) is 0. The van der Waals surface area contributed by atoms with E-state index in [0.29, 0.717) is 0 Å². The number of fused-ring (bicyclic) bond motifs is 7. The first-order valence-corrected chi connectivity index (χ1v) is 12.6. The third kappa shape index (κ3) is 2.45. The van der Waals surface area contributed by atoms with Gasteiger partial charge in [-0.1, -0.05) is 60.7 Å². The van der Waals surface area contributed by atoms with Gasteiger partial charge in [0.1, 0.15) is 34.2 Å². The minimum Gasteiger partial charge on any atom is -0.456 e. The molecule has 2 aliphatic rings. The Labute approximate surface area is 196 Å². The van der Waals surface area contributed by atoms with Gasteiger partial charge in [0.2, 0.25) is 0 Å². The van der Waals surface area contributed by atoms with Crippen molar-refractivity contribution in [3.63, 3.8) is 0 Å². The summed E-state index contributed by atoms with van der Waals surface area (Å²) in [6.45, 7) is 0. The average Bonchev–Trinajstić information content (AvgIpc) is 3.26. The molecule has 0 bridgehead atoms. The van der Waals surface area contributed by atoms with Crippen molar-refractivity contribution in [1.82, 2.24) is 0 Å². The Morgan fingerprint density at radius 1 is 0.529 bits per heavy atom. The predicted molar refractivity (Wildman–Crippen MR) is 138 cm³/mol. The molecule has 0 fully saturated rings. The summed E-state index contributed by atoms with van der Waals surface area (Å²) in [6.07, 6.45) is 0. The summed E-state index contributed by atoms with van der Waals surface area (Å²) >= 11 is 0. The second-order valence-corrected chi connectivity index (χ2v) is 10.7. The highest BCUT2D eigenvalue weighted by Gasteiger charge is 2.38. The van der Waals surface area contributed by atoms with Gasteiger partial charge in [0, 0.05) is 34.9 Å². The lowest BCUT2D eigenvalue weighted by molar-refractivity contribution is 0.467. The second kappa shape index (κ2) is 6.72. The molecule has 6 aromatic rings. The minimum absolute atomic E-state index is 0.782. The predicted octanol–water partition coefficient (Wildman–Crippen LogP) is 7.22. The van der Waals surface area contributed by atoms with Crippen LogP contribution in [0.25, 0.3) is 33.1 Å². The van der Waals surface area contributed by atoms with Crippen LogP contribution in [0.5, 0.6) is 23.0 Å².